The molecular weight excluding hydrogens is 725 g/mol. The summed E-state index contributed by atoms with van der Waals surface area (Å²) in [5.74, 6) is 0. The first-order valence-electron chi connectivity index (χ1n) is 21.2. The molecule has 0 N–H and O–H groups in total. The van der Waals surface area contributed by atoms with Gasteiger partial charge in [0.25, 0.3) is 0 Å². The predicted molar refractivity (Wildman–Crippen MR) is 254 cm³/mol. The fourth-order valence-electron chi connectivity index (χ4n) is 10.6. The van der Waals surface area contributed by atoms with E-state index in [0.717, 1.165) is 17.1 Å². The van der Waals surface area contributed by atoms with Gasteiger partial charge < -0.3 is 9.47 Å². The van der Waals surface area contributed by atoms with Gasteiger partial charge in [-0.15, -0.1) is 0 Å². The summed E-state index contributed by atoms with van der Waals surface area (Å²) in [7, 11) is 0. The van der Waals surface area contributed by atoms with Crippen LogP contribution in [0.5, 0.6) is 0 Å². The molecule has 0 atom stereocenters. The highest BCUT2D eigenvalue weighted by molar-refractivity contribution is 6.11. The van der Waals surface area contributed by atoms with Gasteiger partial charge in [0.05, 0.1) is 11.0 Å². The molecular formula is C58H44N2. The van der Waals surface area contributed by atoms with E-state index in [1.54, 1.807) is 0 Å². The van der Waals surface area contributed by atoms with Crippen molar-refractivity contribution in [2.24, 2.45) is 0 Å². The molecule has 2 aliphatic rings. The highest BCUT2D eigenvalue weighted by Crippen LogP contribution is 2.53. The summed E-state index contributed by atoms with van der Waals surface area (Å²) in [6.45, 7) is 9.54. The van der Waals surface area contributed by atoms with E-state index in [9.17, 15) is 0 Å². The third-order valence-electron chi connectivity index (χ3n) is 13.8. The molecule has 0 spiro atoms. The van der Waals surface area contributed by atoms with Gasteiger partial charge in [0.15, 0.2) is 0 Å². The molecule has 0 unspecified atom stereocenters. The van der Waals surface area contributed by atoms with E-state index >= 15 is 0 Å². The molecule has 0 saturated heterocycles. The number of aromatic nitrogens is 1. The molecule has 12 rings (SSSR count). The van der Waals surface area contributed by atoms with Crippen LogP contribution in [-0.2, 0) is 10.8 Å². The van der Waals surface area contributed by atoms with Crippen molar-refractivity contribution in [1.82, 2.24) is 4.57 Å². The Morgan fingerprint density at radius 2 is 0.950 bits per heavy atom. The van der Waals surface area contributed by atoms with E-state index in [-0.39, 0.29) is 10.8 Å². The Balaban J connectivity index is 0.957. The maximum Gasteiger partial charge on any atom is 0.0547 e. The van der Waals surface area contributed by atoms with Crippen molar-refractivity contribution in [3.05, 3.63) is 216 Å². The number of nitrogens with zero attached hydrogens (tertiary/aromatic N) is 2. The van der Waals surface area contributed by atoms with Crippen LogP contribution in [0.25, 0.3) is 71.6 Å². The maximum absolute atomic E-state index is 2.50. The third-order valence-corrected chi connectivity index (χ3v) is 13.8. The molecule has 0 saturated carbocycles. The second kappa shape index (κ2) is 12.7. The van der Waals surface area contributed by atoms with E-state index < -0.39 is 0 Å². The summed E-state index contributed by atoms with van der Waals surface area (Å²) in [5.41, 5.74) is 20.1. The highest BCUT2D eigenvalue weighted by Gasteiger charge is 2.38. The van der Waals surface area contributed by atoms with Gasteiger partial charge in [0, 0.05) is 44.4 Å². The van der Waals surface area contributed by atoms with Crippen LogP contribution < -0.4 is 4.90 Å². The predicted octanol–water partition coefficient (Wildman–Crippen LogP) is 15.7. The first-order valence-corrected chi connectivity index (χ1v) is 21.2. The SMILES string of the molecule is CC1(C)c2cc(N(c3ccccc3)c3ccc(-c4ccc5ccccc5c4)cc3)ccc2-c2ccc(-n3c4ccccc4c4cc5c(cc43)-c3ccccc3C5(C)C)cc21. The quantitative estimate of drug-likeness (QED) is 0.169. The zero-order chi connectivity index (χ0) is 40.3. The van der Waals surface area contributed by atoms with Gasteiger partial charge in [-0.2, -0.15) is 0 Å². The van der Waals surface area contributed by atoms with Crippen LogP contribution in [0.15, 0.2) is 194 Å². The van der Waals surface area contributed by atoms with Gasteiger partial charge in [-0.25, -0.2) is 0 Å². The average Bonchev–Trinajstić information content (AvgIpc) is 3.82. The van der Waals surface area contributed by atoms with Crippen molar-refractivity contribution in [2.45, 2.75) is 38.5 Å². The molecule has 1 aromatic heterocycles. The third kappa shape index (κ3) is 5.01. The molecule has 0 radical (unpaired) electrons. The molecule has 0 aliphatic heterocycles. The summed E-state index contributed by atoms with van der Waals surface area (Å²) >= 11 is 0. The lowest BCUT2D eigenvalue weighted by Crippen LogP contribution is -2.17. The summed E-state index contributed by atoms with van der Waals surface area (Å²) < 4.78 is 2.50. The number of benzene rings is 9. The molecule has 2 nitrogen and oxygen atoms in total. The summed E-state index contributed by atoms with van der Waals surface area (Å²) in [6.07, 6.45) is 0. The van der Waals surface area contributed by atoms with Gasteiger partial charge in [-0.3, -0.25) is 0 Å². The molecule has 286 valence electrons. The van der Waals surface area contributed by atoms with Gasteiger partial charge >= 0.3 is 0 Å². The molecule has 2 aliphatic carbocycles. The molecule has 9 aromatic carbocycles. The van der Waals surface area contributed by atoms with Gasteiger partial charge in [0.2, 0.25) is 0 Å². The zero-order valence-electron chi connectivity index (χ0n) is 34.4. The van der Waals surface area contributed by atoms with E-state index in [2.05, 4.69) is 231 Å². The molecule has 2 heteroatoms. The van der Waals surface area contributed by atoms with Crippen molar-refractivity contribution in [2.75, 3.05) is 4.90 Å². The van der Waals surface area contributed by atoms with Crippen LogP contribution in [0.4, 0.5) is 17.1 Å². The van der Waals surface area contributed by atoms with Crippen LogP contribution >= 0.6 is 0 Å². The van der Waals surface area contributed by atoms with Gasteiger partial charge in [0.1, 0.15) is 0 Å². The second-order valence-electron chi connectivity index (χ2n) is 17.8. The molecule has 10 aromatic rings. The Kier molecular flexibility index (Phi) is 7.36. The fourth-order valence-corrected chi connectivity index (χ4v) is 10.6. The van der Waals surface area contributed by atoms with Crippen LogP contribution in [0.2, 0.25) is 0 Å². The molecule has 1 heterocycles. The van der Waals surface area contributed by atoms with Crippen LogP contribution in [0.3, 0.4) is 0 Å². The standard InChI is InChI=1S/C58H44N2/c1-57(2)51-20-12-10-18-45(51)49-36-56-50(35-54(49)57)48-19-11-13-21-55(48)60(56)44-29-31-47-46-30-28-43(33-52(46)58(3,4)53(47)34-44)59(41-16-6-5-7-17-41)42-26-24-38(25-27-42)40-23-22-37-14-8-9-15-39(37)32-40/h5-36H,1-4H3. The number of hydrogen-bond acceptors (Lipinski definition) is 1. The molecule has 60 heavy (non-hydrogen) atoms. The minimum Gasteiger partial charge on any atom is -0.310 e. The number of anilines is 3. The molecule has 0 amide bonds. The van der Waals surface area contributed by atoms with Crippen molar-refractivity contribution in [1.29, 1.82) is 0 Å². The van der Waals surface area contributed by atoms with E-state index in [1.165, 1.54) is 93.9 Å². The Hall–Kier alpha value is -7.16. The van der Waals surface area contributed by atoms with Crippen molar-refractivity contribution in [3.8, 4) is 39.1 Å². The van der Waals surface area contributed by atoms with Crippen molar-refractivity contribution >= 4 is 49.6 Å². The number of fused-ring (bicyclic) bond motifs is 10. The number of hydrogen-bond donors (Lipinski definition) is 0. The van der Waals surface area contributed by atoms with Crippen LogP contribution in [-0.4, -0.2) is 4.57 Å². The second-order valence-corrected chi connectivity index (χ2v) is 17.8. The lowest BCUT2D eigenvalue weighted by Gasteiger charge is -2.28. The van der Waals surface area contributed by atoms with Gasteiger partial charge in [-0.1, -0.05) is 149 Å². The smallest absolute Gasteiger partial charge is 0.0547 e. The Morgan fingerprint density at radius 1 is 0.350 bits per heavy atom. The minimum atomic E-state index is -0.220. The van der Waals surface area contributed by atoms with Crippen molar-refractivity contribution < 1.29 is 0 Å². The van der Waals surface area contributed by atoms with Gasteiger partial charge in [-0.05, 0) is 139 Å². The summed E-state index contributed by atoms with van der Waals surface area (Å²) in [6, 6.07) is 72.2. The average molecular weight is 769 g/mol. The monoisotopic (exact) mass is 768 g/mol. The Bertz CT molecular complexity index is 3360. The molecule has 0 bridgehead atoms. The Morgan fingerprint density at radius 3 is 1.78 bits per heavy atom. The maximum atomic E-state index is 2.50. The number of rotatable bonds is 5. The van der Waals surface area contributed by atoms with E-state index in [1.807, 2.05) is 0 Å². The van der Waals surface area contributed by atoms with Crippen LogP contribution in [0.1, 0.15) is 49.9 Å². The summed E-state index contributed by atoms with van der Waals surface area (Å²) in [4.78, 5) is 2.39. The van der Waals surface area contributed by atoms with Crippen LogP contribution in [0, 0.1) is 0 Å². The Labute approximate surface area is 351 Å². The van der Waals surface area contributed by atoms with E-state index in [4.69, 9.17) is 0 Å². The topological polar surface area (TPSA) is 8.17 Å². The highest BCUT2D eigenvalue weighted by atomic mass is 15.1. The largest absolute Gasteiger partial charge is 0.310 e. The van der Waals surface area contributed by atoms with E-state index in [0.29, 0.717) is 0 Å². The first-order chi connectivity index (χ1) is 29.3. The molecule has 0 fully saturated rings. The minimum absolute atomic E-state index is 0.0526. The lowest BCUT2D eigenvalue weighted by molar-refractivity contribution is 0.660. The fraction of sp³-hybridized carbons (Fsp3) is 0.103. The summed E-state index contributed by atoms with van der Waals surface area (Å²) in [5, 5.41) is 5.12. The van der Waals surface area contributed by atoms with Crippen molar-refractivity contribution in [3.63, 3.8) is 0 Å². The lowest BCUT2D eigenvalue weighted by atomic mass is 9.82. The first kappa shape index (κ1) is 34.8. The normalized spacial score (nSPS) is 14.3. The zero-order valence-corrected chi connectivity index (χ0v) is 34.4. The number of para-hydroxylation sites is 2.